The highest BCUT2D eigenvalue weighted by atomic mass is 35.5. The fraction of sp³-hybridized carbons (Fsp3) is 0.500. The molecule has 0 radical (unpaired) electrons. The van der Waals surface area contributed by atoms with Gasteiger partial charge in [0, 0.05) is 35.7 Å². The molecule has 16 heavy (non-hydrogen) atoms. The van der Waals surface area contributed by atoms with Gasteiger partial charge in [0.05, 0.1) is 0 Å². The molecule has 1 aliphatic heterocycles. The van der Waals surface area contributed by atoms with E-state index in [1.54, 1.807) is 0 Å². The molecule has 1 aromatic carbocycles. The van der Waals surface area contributed by atoms with Gasteiger partial charge >= 0.3 is 0 Å². The molecule has 1 heterocycles. The summed E-state index contributed by atoms with van der Waals surface area (Å²) < 4.78 is 0. The smallest absolute Gasteiger partial charge is 0.0487 e. The largest absolute Gasteiger partial charge is 0.303 e. The van der Waals surface area contributed by atoms with Gasteiger partial charge in [0.2, 0.25) is 0 Å². The van der Waals surface area contributed by atoms with E-state index in [9.17, 15) is 0 Å². The molecule has 0 bridgehead atoms. The molecule has 1 aliphatic rings. The summed E-state index contributed by atoms with van der Waals surface area (Å²) in [5.74, 6) is 0. The second kappa shape index (κ2) is 4.92. The van der Waals surface area contributed by atoms with Gasteiger partial charge in [-0.2, -0.15) is 0 Å². The number of hydrogen-bond donors (Lipinski definition) is 0. The van der Waals surface area contributed by atoms with E-state index in [4.69, 9.17) is 23.2 Å². The summed E-state index contributed by atoms with van der Waals surface area (Å²) in [5, 5.41) is 1.46. The van der Waals surface area contributed by atoms with E-state index in [2.05, 4.69) is 23.9 Å². The monoisotopic (exact) mass is 258 g/mol. The Bertz CT molecular complexity index is 381. The first-order valence-electron chi connectivity index (χ1n) is 5.41. The normalized spacial score (nSPS) is 23.6. The van der Waals surface area contributed by atoms with Crippen molar-refractivity contribution in [1.82, 2.24) is 9.80 Å². The third-order valence-electron chi connectivity index (χ3n) is 3.17. The van der Waals surface area contributed by atoms with Crippen LogP contribution in [0.1, 0.15) is 11.6 Å². The van der Waals surface area contributed by atoms with Crippen molar-refractivity contribution >= 4 is 23.2 Å². The van der Waals surface area contributed by atoms with Gasteiger partial charge in [-0.1, -0.05) is 29.3 Å². The van der Waals surface area contributed by atoms with Gasteiger partial charge in [-0.05, 0) is 31.8 Å². The van der Waals surface area contributed by atoms with Crippen LogP contribution in [0.4, 0.5) is 0 Å². The summed E-state index contributed by atoms with van der Waals surface area (Å²) in [7, 11) is 4.28. The molecule has 1 saturated heterocycles. The molecule has 1 atom stereocenters. The Morgan fingerprint density at radius 1 is 1.19 bits per heavy atom. The van der Waals surface area contributed by atoms with Crippen LogP contribution in [0.2, 0.25) is 10.0 Å². The van der Waals surface area contributed by atoms with Crippen LogP contribution in [0, 0.1) is 0 Å². The molecule has 88 valence electrons. The highest BCUT2D eigenvalue weighted by molar-refractivity contribution is 6.35. The number of halogens is 2. The molecule has 2 rings (SSSR count). The lowest BCUT2D eigenvalue weighted by atomic mass is 10.0. The van der Waals surface area contributed by atoms with Crippen LogP contribution in [-0.2, 0) is 0 Å². The predicted octanol–water partition coefficient (Wildman–Crippen LogP) is 2.91. The lowest BCUT2D eigenvalue weighted by Crippen LogP contribution is -2.44. The van der Waals surface area contributed by atoms with Crippen LogP contribution in [0.3, 0.4) is 0 Å². The topological polar surface area (TPSA) is 6.48 Å². The van der Waals surface area contributed by atoms with Crippen LogP contribution in [0.5, 0.6) is 0 Å². The zero-order valence-electron chi connectivity index (χ0n) is 9.58. The summed E-state index contributed by atoms with van der Waals surface area (Å²) in [6.07, 6.45) is 0. The molecule has 4 heteroatoms. The summed E-state index contributed by atoms with van der Waals surface area (Å²) in [5.41, 5.74) is 1.17. The molecule has 0 aromatic heterocycles. The standard InChI is InChI=1S/C12H16Cl2N2/c1-15-5-6-16(2)12(8-15)10-4-3-9(13)7-11(10)14/h3-4,7,12H,5-6,8H2,1-2H3. The van der Waals surface area contributed by atoms with Crippen LogP contribution in [-0.4, -0.2) is 43.5 Å². The summed E-state index contributed by atoms with van der Waals surface area (Å²) >= 11 is 12.2. The van der Waals surface area contributed by atoms with E-state index < -0.39 is 0 Å². The zero-order chi connectivity index (χ0) is 11.7. The maximum atomic E-state index is 6.25. The van der Waals surface area contributed by atoms with Crippen LogP contribution in [0.25, 0.3) is 0 Å². The summed E-state index contributed by atoms with van der Waals surface area (Å²) in [4.78, 5) is 4.67. The lowest BCUT2D eigenvalue weighted by Gasteiger charge is -2.38. The van der Waals surface area contributed by atoms with E-state index in [-0.39, 0.29) is 0 Å². The van der Waals surface area contributed by atoms with Gasteiger partial charge in [-0.3, -0.25) is 4.90 Å². The Morgan fingerprint density at radius 2 is 1.94 bits per heavy atom. The minimum atomic E-state index is 0.364. The first-order chi connectivity index (χ1) is 7.58. The van der Waals surface area contributed by atoms with Gasteiger partial charge in [0.15, 0.2) is 0 Å². The van der Waals surface area contributed by atoms with Crippen molar-refractivity contribution in [2.24, 2.45) is 0 Å². The number of nitrogens with zero attached hydrogens (tertiary/aromatic N) is 2. The maximum absolute atomic E-state index is 6.25. The van der Waals surface area contributed by atoms with E-state index in [0.29, 0.717) is 11.1 Å². The third-order valence-corrected chi connectivity index (χ3v) is 3.74. The second-order valence-corrected chi connectivity index (χ2v) is 5.27. The second-order valence-electron chi connectivity index (χ2n) is 4.42. The molecule has 1 fully saturated rings. The first kappa shape index (κ1) is 12.2. The number of rotatable bonds is 1. The van der Waals surface area contributed by atoms with Gasteiger partial charge < -0.3 is 4.90 Å². The minimum absolute atomic E-state index is 0.364. The highest BCUT2D eigenvalue weighted by Crippen LogP contribution is 2.31. The Balaban J connectivity index is 2.28. The third kappa shape index (κ3) is 2.51. The fourth-order valence-electron chi connectivity index (χ4n) is 2.12. The van der Waals surface area contributed by atoms with Crippen molar-refractivity contribution in [2.45, 2.75) is 6.04 Å². The molecule has 0 spiro atoms. The summed E-state index contributed by atoms with van der Waals surface area (Å²) in [6, 6.07) is 6.13. The number of piperazine rings is 1. The van der Waals surface area contributed by atoms with Crippen molar-refractivity contribution < 1.29 is 0 Å². The summed E-state index contributed by atoms with van der Waals surface area (Å²) in [6.45, 7) is 3.19. The Morgan fingerprint density at radius 3 is 2.62 bits per heavy atom. The molecule has 0 saturated carbocycles. The van der Waals surface area contributed by atoms with Crippen LogP contribution in [0.15, 0.2) is 18.2 Å². The van der Waals surface area contributed by atoms with Crippen LogP contribution >= 0.6 is 23.2 Å². The van der Waals surface area contributed by atoms with E-state index in [0.717, 1.165) is 24.7 Å². The van der Waals surface area contributed by atoms with Crippen LogP contribution < -0.4 is 0 Å². The number of likely N-dealkylation sites (N-methyl/N-ethyl adjacent to an activating group) is 2. The zero-order valence-corrected chi connectivity index (χ0v) is 11.1. The van der Waals surface area contributed by atoms with Crippen molar-refractivity contribution in [3.05, 3.63) is 33.8 Å². The van der Waals surface area contributed by atoms with E-state index in [1.807, 2.05) is 18.2 Å². The SMILES string of the molecule is CN1CCN(C)C(c2ccc(Cl)cc2Cl)C1. The average Bonchev–Trinajstić information content (AvgIpc) is 2.22. The minimum Gasteiger partial charge on any atom is -0.303 e. The molecule has 1 unspecified atom stereocenters. The molecule has 0 amide bonds. The molecular formula is C12H16Cl2N2. The fourth-order valence-corrected chi connectivity index (χ4v) is 2.65. The molecule has 0 N–H and O–H groups in total. The van der Waals surface area contributed by atoms with E-state index in [1.165, 1.54) is 5.56 Å². The highest BCUT2D eigenvalue weighted by Gasteiger charge is 2.25. The number of hydrogen-bond acceptors (Lipinski definition) is 2. The van der Waals surface area contributed by atoms with Gasteiger partial charge in [0.1, 0.15) is 0 Å². The quantitative estimate of drug-likeness (QED) is 0.765. The maximum Gasteiger partial charge on any atom is 0.0487 e. The Hall–Kier alpha value is -0.280. The van der Waals surface area contributed by atoms with Gasteiger partial charge in [-0.25, -0.2) is 0 Å². The van der Waals surface area contributed by atoms with Gasteiger partial charge in [0.25, 0.3) is 0 Å². The van der Waals surface area contributed by atoms with Crippen molar-refractivity contribution in [3.63, 3.8) is 0 Å². The Kier molecular flexibility index (Phi) is 3.75. The molecule has 2 nitrogen and oxygen atoms in total. The Labute approximate surface area is 107 Å². The van der Waals surface area contributed by atoms with Crippen molar-refractivity contribution in [3.8, 4) is 0 Å². The first-order valence-corrected chi connectivity index (χ1v) is 6.17. The molecule has 1 aromatic rings. The number of benzene rings is 1. The molecule has 0 aliphatic carbocycles. The predicted molar refractivity (Wildman–Crippen MR) is 69.3 cm³/mol. The lowest BCUT2D eigenvalue weighted by molar-refractivity contribution is 0.115. The molecular weight excluding hydrogens is 243 g/mol. The van der Waals surface area contributed by atoms with Crippen molar-refractivity contribution in [1.29, 1.82) is 0 Å². The van der Waals surface area contributed by atoms with E-state index >= 15 is 0 Å². The van der Waals surface area contributed by atoms with Gasteiger partial charge in [-0.15, -0.1) is 0 Å². The average molecular weight is 259 g/mol. The van der Waals surface area contributed by atoms with Crippen molar-refractivity contribution in [2.75, 3.05) is 33.7 Å².